The van der Waals surface area contributed by atoms with Crippen LogP contribution in [0.5, 0.6) is 0 Å². The average molecular weight is 157 g/mol. The van der Waals surface area contributed by atoms with Gasteiger partial charge in [0.25, 0.3) is 0 Å². The summed E-state index contributed by atoms with van der Waals surface area (Å²) in [6, 6.07) is 9.17. The van der Waals surface area contributed by atoms with Gasteiger partial charge in [-0.15, -0.1) is 0 Å². The van der Waals surface area contributed by atoms with Crippen LogP contribution in [0.3, 0.4) is 0 Å². The summed E-state index contributed by atoms with van der Waals surface area (Å²) >= 11 is 0. The topological polar surface area (TPSA) is 31.0 Å². The van der Waals surface area contributed by atoms with Crippen LogP contribution in [0.4, 0.5) is 0 Å². The first-order valence-corrected chi connectivity index (χ1v) is 3.69. The molecule has 1 aromatic carbocycles. The number of nitrogens with one attached hydrogen (secondary N) is 1. The summed E-state index contributed by atoms with van der Waals surface area (Å²) < 4.78 is 0. The summed E-state index contributed by atoms with van der Waals surface area (Å²) in [6.07, 6.45) is 4.35. The predicted molar refractivity (Wildman–Crippen MR) is 44.8 cm³/mol. The molecule has 0 saturated carbocycles. The van der Waals surface area contributed by atoms with Gasteiger partial charge in [0.15, 0.2) is 6.21 Å². The van der Waals surface area contributed by atoms with E-state index in [1.165, 1.54) is 0 Å². The molecule has 2 rings (SSSR count). The van der Waals surface area contributed by atoms with Crippen molar-refractivity contribution < 1.29 is 9.79 Å². The molecule has 1 aromatic rings. The molecule has 0 amide bonds. The SMILES string of the molecule is O=C(C1=C[NH+]=[C-]1)c1ccccc1. The van der Waals surface area contributed by atoms with Gasteiger partial charge in [-0.2, -0.15) is 0 Å². The number of Topliss-reactive ketones (excluding diaryl/α,β-unsaturated/α-hetero) is 1. The van der Waals surface area contributed by atoms with E-state index in [9.17, 15) is 4.79 Å². The zero-order chi connectivity index (χ0) is 8.39. The highest BCUT2D eigenvalue weighted by Gasteiger charge is 2.10. The van der Waals surface area contributed by atoms with Crippen molar-refractivity contribution in [2.24, 2.45) is 0 Å². The Balaban J connectivity index is 2.26. The summed E-state index contributed by atoms with van der Waals surface area (Å²) in [7, 11) is 0. The van der Waals surface area contributed by atoms with Crippen LogP contribution >= 0.6 is 0 Å². The number of allylic oxidation sites excluding steroid dienone is 1. The van der Waals surface area contributed by atoms with Crippen molar-refractivity contribution in [3.05, 3.63) is 47.7 Å². The molecule has 1 aliphatic heterocycles. The summed E-state index contributed by atoms with van der Waals surface area (Å²) in [5.74, 6) is 0.0225. The number of carbonyl (C=O) groups excluding carboxylic acids is 1. The second-order valence-electron chi connectivity index (χ2n) is 2.52. The van der Waals surface area contributed by atoms with Gasteiger partial charge in [0.05, 0.1) is 6.20 Å². The highest BCUT2D eigenvalue weighted by atomic mass is 16.1. The Morgan fingerprint density at radius 3 is 2.42 bits per heavy atom. The van der Waals surface area contributed by atoms with E-state index in [1.54, 1.807) is 18.3 Å². The second kappa shape index (κ2) is 2.74. The minimum Gasteiger partial charge on any atom is -0.346 e. The van der Waals surface area contributed by atoms with E-state index in [1.807, 2.05) is 18.2 Å². The van der Waals surface area contributed by atoms with Crippen LogP contribution in [0.2, 0.25) is 0 Å². The van der Waals surface area contributed by atoms with Crippen molar-refractivity contribution in [3.63, 3.8) is 0 Å². The maximum atomic E-state index is 11.5. The molecule has 0 bridgehead atoms. The second-order valence-corrected chi connectivity index (χ2v) is 2.52. The van der Waals surface area contributed by atoms with E-state index in [2.05, 4.69) is 11.2 Å². The number of hydrogen-bond acceptors (Lipinski definition) is 1. The van der Waals surface area contributed by atoms with Gasteiger partial charge in [-0.1, -0.05) is 30.3 Å². The van der Waals surface area contributed by atoms with Gasteiger partial charge in [0.2, 0.25) is 0 Å². The molecule has 0 saturated heterocycles. The largest absolute Gasteiger partial charge is 0.346 e. The minimum atomic E-state index is 0.0225. The predicted octanol–water partition coefficient (Wildman–Crippen LogP) is -0.205. The van der Waals surface area contributed by atoms with E-state index in [0.717, 1.165) is 0 Å². The lowest BCUT2D eigenvalue weighted by atomic mass is 10.0. The Morgan fingerprint density at radius 1 is 1.25 bits per heavy atom. The zero-order valence-corrected chi connectivity index (χ0v) is 6.37. The maximum absolute atomic E-state index is 11.5. The molecule has 0 aromatic heterocycles. The molecule has 58 valence electrons. The van der Waals surface area contributed by atoms with E-state index in [0.29, 0.717) is 11.1 Å². The fourth-order valence-corrected chi connectivity index (χ4v) is 1.01. The Bertz CT molecular complexity index is 363. The molecule has 12 heavy (non-hydrogen) atoms. The van der Waals surface area contributed by atoms with Gasteiger partial charge in [-0.05, 0) is 5.56 Å². The zero-order valence-electron chi connectivity index (χ0n) is 6.37. The van der Waals surface area contributed by atoms with Crippen LogP contribution in [-0.2, 0) is 0 Å². The maximum Gasteiger partial charge on any atom is 0.161 e. The standard InChI is InChI=1S/C10H7NO/c12-10(9-6-11-7-9)8-4-2-1-3-5-8/h1-6,11H. The monoisotopic (exact) mass is 157 g/mol. The average Bonchev–Trinajstić information content (AvgIpc) is 2.03. The third-order valence-electron chi connectivity index (χ3n) is 1.70. The van der Waals surface area contributed by atoms with Gasteiger partial charge >= 0.3 is 0 Å². The number of carbonyl (C=O) groups is 1. The first-order chi connectivity index (χ1) is 5.88. The molecule has 1 heterocycles. The smallest absolute Gasteiger partial charge is 0.161 e. The summed E-state index contributed by atoms with van der Waals surface area (Å²) in [5, 5.41) is 0. The molecule has 0 atom stereocenters. The van der Waals surface area contributed by atoms with E-state index < -0.39 is 0 Å². The van der Waals surface area contributed by atoms with Gasteiger partial charge < -0.3 is 4.79 Å². The molecule has 1 aliphatic rings. The quantitative estimate of drug-likeness (QED) is 0.467. The van der Waals surface area contributed by atoms with Gasteiger partial charge in [0, 0.05) is 5.57 Å². The first-order valence-electron chi connectivity index (χ1n) is 3.69. The summed E-state index contributed by atoms with van der Waals surface area (Å²) in [5.41, 5.74) is 1.32. The van der Waals surface area contributed by atoms with Gasteiger partial charge in [0.1, 0.15) is 5.78 Å². The van der Waals surface area contributed by atoms with Crippen molar-refractivity contribution in [2.75, 3.05) is 0 Å². The van der Waals surface area contributed by atoms with E-state index in [-0.39, 0.29) is 5.78 Å². The molecule has 0 fully saturated rings. The highest BCUT2D eigenvalue weighted by Crippen LogP contribution is 2.05. The van der Waals surface area contributed by atoms with Crippen molar-refractivity contribution in [3.8, 4) is 0 Å². The fraction of sp³-hybridized carbons (Fsp3) is 0. The molecular weight excluding hydrogens is 150 g/mol. The number of benzene rings is 1. The fourth-order valence-electron chi connectivity index (χ4n) is 1.01. The lowest BCUT2D eigenvalue weighted by Gasteiger charge is -2.05. The van der Waals surface area contributed by atoms with Crippen LogP contribution in [-0.4, -0.2) is 12.0 Å². The Kier molecular flexibility index (Phi) is 1.59. The van der Waals surface area contributed by atoms with Gasteiger partial charge in [-0.3, -0.25) is 4.99 Å². The molecule has 0 aliphatic carbocycles. The lowest BCUT2D eigenvalue weighted by Crippen LogP contribution is -2.68. The molecule has 1 N–H and O–H groups in total. The lowest BCUT2D eigenvalue weighted by molar-refractivity contribution is -0.379. The number of hydrogen-bond donors (Lipinski definition) is 1. The molecule has 2 heteroatoms. The van der Waals surface area contributed by atoms with Crippen LogP contribution in [0.15, 0.2) is 42.1 Å². The molecule has 2 nitrogen and oxygen atoms in total. The van der Waals surface area contributed by atoms with Crippen LogP contribution in [0, 0.1) is 0 Å². The Hall–Kier alpha value is -1.70. The Morgan fingerprint density at radius 2 is 1.92 bits per heavy atom. The first kappa shape index (κ1) is 6.98. The third kappa shape index (κ3) is 1.07. The normalized spacial score (nSPS) is 13.5. The van der Waals surface area contributed by atoms with Crippen LogP contribution in [0.25, 0.3) is 0 Å². The molecule has 0 spiro atoms. The van der Waals surface area contributed by atoms with Crippen molar-refractivity contribution >= 4 is 12.0 Å². The van der Waals surface area contributed by atoms with Gasteiger partial charge in [-0.25, -0.2) is 0 Å². The molecular formula is C10H7NO. The molecule has 0 radical (unpaired) electrons. The highest BCUT2D eigenvalue weighted by molar-refractivity contribution is 6.21. The minimum absolute atomic E-state index is 0.0225. The summed E-state index contributed by atoms with van der Waals surface area (Å²) in [6.45, 7) is 0. The Labute approximate surface area is 70.3 Å². The van der Waals surface area contributed by atoms with Crippen molar-refractivity contribution in [2.45, 2.75) is 0 Å². The number of ketones is 1. The van der Waals surface area contributed by atoms with E-state index >= 15 is 0 Å². The van der Waals surface area contributed by atoms with E-state index in [4.69, 9.17) is 0 Å². The number of rotatable bonds is 2. The van der Waals surface area contributed by atoms with Crippen molar-refractivity contribution in [1.29, 1.82) is 0 Å². The molecule has 0 unspecified atom stereocenters. The van der Waals surface area contributed by atoms with Crippen molar-refractivity contribution in [1.82, 2.24) is 0 Å². The van der Waals surface area contributed by atoms with Crippen LogP contribution < -0.4 is 4.99 Å². The van der Waals surface area contributed by atoms with Crippen LogP contribution in [0.1, 0.15) is 10.4 Å². The summed E-state index contributed by atoms with van der Waals surface area (Å²) in [4.78, 5) is 14.1. The third-order valence-corrected chi connectivity index (χ3v) is 1.70.